The van der Waals surface area contributed by atoms with Crippen molar-refractivity contribution in [1.29, 1.82) is 0 Å². The Bertz CT molecular complexity index is 342. The Labute approximate surface area is 77.5 Å². The van der Waals surface area contributed by atoms with Crippen LogP contribution in [-0.4, -0.2) is 12.4 Å². The molecular weight excluding hydrogens is 164 g/mol. The van der Waals surface area contributed by atoms with Crippen molar-refractivity contribution in [2.75, 3.05) is 6.61 Å². The first kappa shape index (κ1) is 8.45. The van der Waals surface area contributed by atoms with Crippen molar-refractivity contribution in [2.24, 2.45) is 0 Å². The minimum Gasteiger partial charge on any atom is -0.369 e. The number of aryl methyl sites for hydroxylation is 1. The van der Waals surface area contributed by atoms with Crippen molar-refractivity contribution in [1.82, 2.24) is 0 Å². The molecule has 2 heteroatoms. The van der Waals surface area contributed by atoms with E-state index < -0.39 is 0 Å². The molecule has 1 aromatic carbocycles. The molecule has 2 rings (SSSR count). The predicted octanol–water partition coefficient (Wildman–Crippen LogP) is 1.96. The third kappa shape index (κ3) is 1.49. The lowest BCUT2D eigenvalue weighted by Gasteiger charge is -2.15. The molecule has 1 aliphatic heterocycles. The number of rotatable bonds is 1. The number of benzene rings is 1. The van der Waals surface area contributed by atoms with Gasteiger partial charge in [0.2, 0.25) is 0 Å². The van der Waals surface area contributed by atoms with Gasteiger partial charge in [0.05, 0.1) is 6.61 Å². The van der Waals surface area contributed by atoms with Crippen molar-refractivity contribution < 1.29 is 9.53 Å². The highest BCUT2D eigenvalue weighted by Crippen LogP contribution is 2.18. The zero-order valence-corrected chi connectivity index (χ0v) is 7.67. The van der Waals surface area contributed by atoms with E-state index in [1.54, 1.807) is 0 Å². The molecule has 68 valence electrons. The number of hydrogen-bond acceptors (Lipinski definition) is 2. The summed E-state index contributed by atoms with van der Waals surface area (Å²) in [5.74, 6) is 0.108. The third-order valence-corrected chi connectivity index (χ3v) is 2.37. The van der Waals surface area contributed by atoms with Crippen molar-refractivity contribution >= 4 is 5.78 Å². The molecule has 1 aromatic rings. The highest BCUT2D eigenvalue weighted by molar-refractivity contribution is 5.99. The molecule has 0 atom stereocenters. The van der Waals surface area contributed by atoms with E-state index in [2.05, 4.69) is 13.0 Å². The third-order valence-electron chi connectivity index (χ3n) is 2.37. The van der Waals surface area contributed by atoms with Crippen molar-refractivity contribution in [2.45, 2.75) is 20.0 Å². The maximum Gasteiger partial charge on any atom is 0.188 e. The van der Waals surface area contributed by atoms with Crippen molar-refractivity contribution in [3.63, 3.8) is 0 Å². The number of fused-ring (bicyclic) bond motifs is 1. The Hall–Kier alpha value is -1.15. The number of Topliss-reactive ketones (excluding diaryl/α,β-unsaturated/α-hetero) is 1. The van der Waals surface area contributed by atoms with E-state index in [4.69, 9.17) is 4.74 Å². The van der Waals surface area contributed by atoms with Gasteiger partial charge in [0, 0.05) is 5.56 Å². The smallest absolute Gasteiger partial charge is 0.188 e. The van der Waals surface area contributed by atoms with E-state index in [-0.39, 0.29) is 12.4 Å². The van der Waals surface area contributed by atoms with E-state index in [9.17, 15) is 4.79 Å². The Morgan fingerprint density at radius 1 is 1.38 bits per heavy atom. The van der Waals surface area contributed by atoms with Crippen molar-refractivity contribution in [3.8, 4) is 0 Å². The standard InChI is InChI=1S/C11H12O2/c1-2-8-3-4-9-6-13-7-11(12)10(9)5-8/h3-5H,2,6-7H2,1H3. The quantitative estimate of drug-likeness (QED) is 0.653. The summed E-state index contributed by atoms with van der Waals surface area (Å²) in [6.45, 7) is 2.90. The zero-order valence-electron chi connectivity index (χ0n) is 7.67. The van der Waals surface area contributed by atoms with Crippen LogP contribution in [0.3, 0.4) is 0 Å². The molecule has 2 nitrogen and oxygen atoms in total. The summed E-state index contributed by atoms with van der Waals surface area (Å²) in [6, 6.07) is 6.03. The number of hydrogen-bond donors (Lipinski definition) is 0. The Morgan fingerprint density at radius 3 is 3.00 bits per heavy atom. The molecule has 0 bridgehead atoms. The van der Waals surface area contributed by atoms with Crippen LogP contribution in [0.2, 0.25) is 0 Å². The number of carbonyl (C=O) groups excluding carboxylic acids is 1. The van der Waals surface area contributed by atoms with Gasteiger partial charge in [-0.15, -0.1) is 0 Å². The van der Waals surface area contributed by atoms with Gasteiger partial charge in [-0.05, 0) is 23.6 Å². The summed E-state index contributed by atoms with van der Waals surface area (Å²) in [5, 5.41) is 0. The van der Waals surface area contributed by atoms with Crippen LogP contribution in [0.25, 0.3) is 0 Å². The Morgan fingerprint density at radius 2 is 2.23 bits per heavy atom. The first-order valence-corrected chi connectivity index (χ1v) is 4.54. The van der Waals surface area contributed by atoms with Gasteiger partial charge in [-0.25, -0.2) is 0 Å². The van der Waals surface area contributed by atoms with E-state index in [0.29, 0.717) is 6.61 Å². The van der Waals surface area contributed by atoms with Gasteiger partial charge in [0.25, 0.3) is 0 Å². The maximum absolute atomic E-state index is 11.4. The monoisotopic (exact) mass is 176 g/mol. The molecule has 0 fully saturated rings. The first-order chi connectivity index (χ1) is 6.31. The maximum atomic E-state index is 11.4. The fourth-order valence-electron chi connectivity index (χ4n) is 1.56. The van der Waals surface area contributed by atoms with E-state index in [0.717, 1.165) is 17.5 Å². The van der Waals surface area contributed by atoms with Gasteiger partial charge in [-0.2, -0.15) is 0 Å². The number of ketones is 1. The highest BCUT2D eigenvalue weighted by atomic mass is 16.5. The number of carbonyl (C=O) groups is 1. The molecule has 0 aliphatic carbocycles. The molecule has 0 amide bonds. The highest BCUT2D eigenvalue weighted by Gasteiger charge is 2.17. The normalized spacial score (nSPS) is 15.6. The summed E-state index contributed by atoms with van der Waals surface area (Å²) in [4.78, 5) is 11.4. The molecule has 0 aromatic heterocycles. The molecule has 1 heterocycles. The van der Waals surface area contributed by atoms with Crippen LogP contribution in [0.4, 0.5) is 0 Å². The lowest BCUT2D eigenvalue weighted by atomic mass is 9.98. The minimum absolute atomic E-state index is 0.108. The van der Waals surface area contributed by atoms with Crippen LogP contribution in [0.15, 0.2) is 18.2 Å². The van der Waals surface area contributed by atoms with Crippen LogP contribution >= 0.6 is 0 Å². The second-order valence-corrected chi connectivity index (χ2v) is 3.26. The largest absolute Gasteiger partial charge is 0.369 e. The average Bonchev–Trinajstić information content (AvgIpc) is 2.18. The fraction of sp³-hybridized carbons (Fsp3) is 0.364. The molecule has 1 aliphatic rings. The van der Waals surface area contributed by atoms with Crippen LogP contribution in [-0.2, 0) is 17.8 Å². The number of ether oxygens (including phenoxy) is 1. The molecule has 13 heavy (non-hydrogen) atoms. The topological polar surface area (TPSA) is 26.3 Å². The van der Waals surface area contributed by atoms with Crippen LogP contribution < -0.4 is 0 Å². The van der Waals surface area contributed by atoms with Crippen LogP contribution in [0.1, 0.15) is 28.4 Å². The molecule has 0 spiro atoms. The zero-order chi connectivity index (χ0) is 9.26. The SMILES string of the molecule is CCc1ccc2c(c1)C(=O)COC2. The average molecular weight is 176 g/mol. The van der Waals surface area contributed by atoms with E-state index in [1.807, 2.05) is 12.1 Å². The van der Waals surface area contributed by atoms with E-state index >= 15 is 0 Å². The molecule has 0 saturated heterocycles. The van der Waals surface area contributed by atoms with E-state index in [1.165, 1.54) is 5.56 Å². The Kier molecular flexibility index (Phi) is 2.15. The van der Waals surface area contributed by atoms with Gasteiger partial charge < -0.3 is 4.74 Å². The van der Waals surface area contributed by atoms with Crippen molar-refractivity contribution in [3.05, 3.63) is 34.9 Å². The molecule has 0 N–H and O–H groups in total. The van der Waals surface area contributed by atoms with Gasteiger partial charge >= 0.3 is 0 Å². The molecule has 0 unspecified atom stereocenters. The van der Waals surface area contributed by atoms with Gasteiger partial charge in [-0.1, -0.05) is 19.1 Å². The summed E-state index contributed by atoms with van der Waals surface area (Å²) in [6.07, 6.45) is 0.974. The summed E-state index contributed by atoms with van der Waals surface area (Å²) in [7, 11) is 0. The first-order valence-electron chi connectivity index (χ1n) is 4.54. The van der Waals surface area contributed by atoms with Gasteiger partial charge in [0.15, 0.2) is 5.78 Å². The second kappa shape index (κ2) is 3.30. The van der Waals surface area contributed by atoms with Crippen LogP contribution in [0.5, 0.6) is 0 Å². The minimum atomic E-state index is 0.108. The second-order valence-electron chi connectivity index (χ2n) is 3.26. The Balaban J connectivity index is 2.47. The predicted molar refractivity (Wildman–Crippen MR) is 49.8 cm³/mol. The summed E-state index contributed by atoms with van der Waals surface area (Å²) >= 11 is 0. The lowest BCUT2D eigenvalue weighted by Crippen LogP contribution is -2.18. The van der Waals surface area contributed by atoms with Gasteiger partial charge in [0.1, 0.15) is 6.61 Å². The fourth-order valence-corrected chi connectivity index (χ4v) is 1.56. The molecular formula is C11H12O2. The molecule has 0 saturated carbocycles. The summed E-state index contributed by atoms with van der Waals surface area (Å²) < 4.78 is 5.13. The van der Waals surface area contributed by atoms with Gasteiger partial charge in [-0.3, -0.25) is 4.79 Å². The molecule has 0 radical (unpaired) electrons. The summed E-state index contributed by atoms with van der Waals surface area (Å²) in [5.41, 5.74) is 3.09. The lowest BCUT2D eigenvalue weighted by molar-refractivity contribution is 0.0665. The van der Waals surface area contributed by atoms with Crippen LogP contribution in [0, 0.1) is 0 Å².